The number of carbonyl (C=O) groups excluding carboxylic acids is 1. The van der Waals surface area contributed by atoms with Crippen LogP contribution in [-0.2, 0) is 20.1 Å². The van der Waals surface area contributed by atoms with Crippen molar-refractivity contribution in [3.63, 3.8) is 0 Å². The number of pyridine rings is 1. The van der Waals surface area contributed by atoms with Crippen molar-refractivity contribution < 1.29 is 4.79 Å². The average molecular weight is 519 g/mol. The SMILES string of the molecule is CCn1c(N2CCC[C@@H](N)C2)c(C(=O)NCC2CCC2)c2c1c(=O)n(Cc1ncccc1C#N)c(=O)n2C. The summed E-state index contributed by atoms with van der Waals surface area (Å²) in [7, 11) is 1.58. The van der Waals surface area contributed by atoms with E-state index in [-0.39, 0.29) is 24.0 Å². The van der Waals surface area contributed by atoms with Gasteiger partial charge in [0, 0.05) is 45.5 Å². The topological polar surface area (TPSA) is 144 Å². The zero-order valence-corrected chi connectivity index (χ0v) is 21.9. The molecule has 3 aromatic rings. The molecule has 0 aromatic carbocycles. The van der Waals surface area contributed by atoms with Crippen LogP contribution in [0.4, 0.5) is 5.82 Å². The van der Waals surface area contributed by atoms with Gasteiger partial charge >= 0.3 is 5.69 Å². The number of rotatable bonds is 7. The molecule has 38 heavy (non-hydrogen) atoms. The van der Waals surface area contributed by atoms with Crippen LogP contribution >= 0.6 is 0 Å². The smallest absolute Gasteiger partial charge is 0.331 e. The quantitative estimate of drug-likeness (QED) is 0.480. The monoisotopic (exact) mass is 518 g/mol. The summed E-state index contributed by atoms with van der Waals surface area (Å²) in [4.78, 5) is 47.6. The van der Waals surface area contributed by atoms with Gasteiger partial charge in [-0.15, -0.1) is 0 Å². The molecule has 11 heteroatoms. The Balaban J connectivity index is 1.73. The van der Waals surface area contributed by atoms with E-state index in [1.165, 1.54) is 17.2 Å². The van der Waals surface area contributed by atoms with Crippen molar-refractivity contribution in [2.75, 3.05) is 24.5 Å². The van der Waals surface area contributed by atoms with Crippen LogP contribution in [0.2, 0.25) is 0 Å². The highest BCUT2D eigenvalue weighted by atomic mass is 16.2. The summed E-state index contributed by atoms with van der Waals surface area (Å²) in [6.45, 7) is 4.03. The number of hydrogen-bond acceptors (Lipinski definition) is 7. The first-order chi connectivity index (χ1) is 18.3. The Bertz CT molecular complexity index is 1540. The summed E-state index contributed by atoms with van der Waals surface area (Å²) in [5.41, 5.74) is 6.81. The van der Waals surface area contributed by atoms with Gasteiger partial charge in [0.05, 0.1) is 23.3 Å². The Hall–Kier alpha value is -3.91. The number of hydrogen-bond donors (Lipinski definition) is 2. The Morgan fingerprint density at radius 2 is 2.00 bits per heavy atom. The van der Waals surface area contributed by atoms with Gasteiger partial charge in [-0.1, -0.05) is 6.42 Å². The van der Waals surface area contributed by atoms with Crippen LogP contribution in [0, 0.1) is 17.2 Å². The molecule has 11 nitrogen and oxygen atoms in total. The molecule has 200 valence electrons. The van der Waals surface area contributed by atoms with Gasteiger partial charge in [-0.05, 0) is 50.7 Å². The molecule has 1 aliphatic heterocycles. The van der Waals surface area contributed by atoms with Gasteiger partial charge in [0.1, 0.15) is 23.0 Å². The molecular formula is C27H34N8O3. The van der Waals surface area contributed by atoms with Gasteiger partial charge in [-0.25, -0.2) is 4.79 Å². The summed E-state index contributed by atoms with van der Waals surface area (Å²) in [5, 5.41) is 12.6. The van der Waals surface area contributed by atoms with Crippen molar-refractivity contribution in [3.05, 3.63) is 56.0 Å². The molecule has 0 spiro atoms. The Kier molecular flexibility index (Phi) is 7.08. The molecule has 3 N–H and O–H groups in total. The summed E-state index contributed by atoms with van der Waals surface area (Å²) >= 11 is 0. The Morgan fingerprint density at radius 3 is 2.66 bits per heavy atom. The van der Waals surface area contributed by atoms with Crippen LogP contribution in [0.5, 0.6) is 0 Å². The lowest BCUT2D eigenvalue weighted by atomic mass is 9.85. The third kappa shape index (κ3) is 4.39. The van der Waals surface area contributed by atoms with E-state index in [2.05, 4.69) is 21.3 Å². The number of nitriles is 1. The maximum atomic E-state index is 14.0. The van der Waals surface area contributed by atoms with Crippen molar-refractivity contribution in [2.45, 2.75) is 58.2 Å². The number of carbonyl (C=O) groups is 1. The number of nitrogens with two attached hydrogens (primary N) is 1. The minimum atomic E-state index is -0.569. The molecule has 1 amide bonds. The molecule has 0 unspecified atom stereocenters. The zero-order valence-electron chi connectivity index (χ0n) is 21.9. The first-order valence-corrected chi connectivity index (χ1v) is 13.3. The summed E-state index contributed by atoms with van der Waals surface area (Å²) < 4.78 is 4.32. The normalized spacial score (nSPS) is 17.8. The molecule has 3 aromatic heterocycles. The second-order valence-electron chi connectivity index (χ2n) is 10.3. The second kappa shape index (κ2) is 10.5. The van der Waals surface area contributed by atoms with Gasteiger partial charge < -0.3 is 20.5 Å². The number of piperidine rings is 1. The molecule has 2 fully saturated rings. The van der Waals surface area contributed by atoms with Crippen LogP contribution in [-0.4, -0.2) is 50.3 Å². The molecule has 1 atom stereocenters. The zero-order chi connectivity index (χ0) is 27.0. The molecule has 1 saturated heterocycles. The number of nitrogens with one attached hydrogen (secondary N) is 1. The first kappa shape index (κ1) is 25.7. The summed E-state index contributed by atoms with van der Waals surface area (Å²) in [6, 6.07) is 5.27. The van der Waals surface area contributed by atoms with E-state index in [9.17, 15) is 19.6 Å². The first-order valence-electron chi connectivity index (χ1n) is 13.3. The van der Waals surface area contributed by atoms with E-state index in [0.29, 0.717) is 60.3 Å². The van der Waals surface area contributed by atoms with Crippen molar-refractivity contribution >= 4 is 22.8 Å². The third-order valence-electron chi connectivity index (χ3n) is 7.91. The van der Waals surface area contributed by atoms with Crippen molar-refractivity contribution in [2.24, 2.45) is 18.7 Å². The molecule has 5 rings (SSSR count). The second-order valence-corrected chi connectivity index (χ2v) is 10.3. The minimum absolute atomic E-state index is 0.0491. The van der Waals surface area contributed by atoms with E-state index in [4.69, 9.17) is 5.73 Å². The third-order valence-corrected chi connectivity index (χ3v) is 7.91. The van der Waals surface area contributed by atoms with Crippen LogP contribution in [0.3, 0.4) is 0 Å². The molecule has 4 heterocycles. The fraction of sp³-hybridized carbons (Fsp3) is 0.519. The molecular weight excluding hydrogens is 484 g/mol. The van der Waals surface area contributed by atoms with Crippen LogP contribution in [0.1, 0.15) is 60.6 Å². The predicted molar refractivity (Wildman–Crippen MR) is 144 cm³/mol. The number of amides is 1. The number of anilines is 1. The Morgan fingerprint density at radius 1 is 1.21 bits per heavy atom. The average Bonchev–Trinajstić information content (AvgIpc) is 3.25. The lowest BCUT2D eigenvalue weighted by Gasteiger charge is -2.34. The van der Waals surface area contributed by atoms with Crippen LogP contribution < -0.4 is 27.2 Å². The van der Waals surface area contributed by atoms with Crippen LogP contribution in [0.15, 0.2) is 27.9 Å². The molecule has 1 saturated carbocycles. The summed E-state index contributed by atoms with van der Waals surface area (Å²) in [6.07, 6.45) is 6.64. The van der Waals surface area contributed by atoms with Gasteiger partial charge in [0.2, 0.25) is 0 Å². The predicted octanol–water partition coefficient (Wildman–Crippen LogP) is 1.29. The molecule has 2 aliphatic rings. The van der Waals surface area contributed by atoms with Crippen molar-refractivity contribution in [1.29, 1.82) is 5.26 Å². The van der Waals surface area contributed by atoms with E-state index in [1.807, 2.05) is 11.5 Å². The van der Waals surface area contributed by atoms with E-state index in [1.54, 1.807) is 19.2 Å². The molecule has 0 radical (unpaired) electrons. The summed E-state index contributed by atoms with van der Waals surface area (Å²) in [5.74, 6) is 0.801. The largest absolute Gasteiger partial charge is 0.356 e. The lowest BCUT2D eigenvalue weighted by Crippen LogP contribution is -2.44. The molecule has 0 bridgehead atoms. The van der Waals surface area contributed by atoms with Crippen molar-refractivity contribution in [3.8, 4) is 6.07 Å². The highest BCUT2D eigenvalue weighted by Crippen LogP contribution is 2.33. The lowest BCUT2D eigenvalue weighted by molar-refractivity contribution is 0.0940. The van der Waals surface area contributed by atoms with Gasteiger partial charge in [0.25, 0.3) is 11.5 Å². The highest BCUT2D eigenvalue weighted by molar-refractivity contribution is 6.11. The number of aryl methyl sites for hydroxylation is 2. The number of aromatic nitrogens is 4. The highest BCUT2D eigenvalue weighted by Gasteiger charge is 2.33. The maximum Gasteiger partial charge on any atom is 0.331 e. The number of fused-ring (bicyclic) bond motifs is 1. The maximum absolute atomic E-state index is 14.0. The van der Waals surface area contributed by atoms with E-state index >= 15 is 0 Å². The minimum Gasteiger partial charge on any atom is -0.356 e. The fourth-order valence-electron chi connectivity index (χ4n) is 5.65. The Labute approximate surface area is 220 Å². The van der Waals surface area contributed by atoms with Crippen molar-refractivity contribution in [1.82, 2.24) is 24.0 Å². The number of nitrogens with zero attached hydrogens (tertiary/aromatic N) is 6. The van der Waals surface area contributed by atoms with Gasteiger partial charge in [0.15, 0.2) is 0 Å². The fourth-order valence-corrected chi connectivity index (χ4v) is 5.65. The van der Waals surface area contributed by atoms with E-state index in [0.717, 1.165) is 30.3 Å². The van der Waals surface area contributed by atoms with Gasteiger partial charge in [-0.2, -0.15) is 5.26 Å². The molecule has 1 aliphatic carbocycles. The standard InChI is InChI=1S/C27H34N8O3/c1-3-34-23-22(32(2)27(38)35(26(23)37)16-20-18(13-28)9-5-11-30-20)21(24(36)31-14-17-7-4-8-17)25(34)33-12-6-10-19(29)15-33/h5,9,11,17,19H,3-4,6-8,10,12,14-16,29H2,1-2H3,(H,31,36)/t19-/m1/s1. The van der Waals surface area contributed by atoms with Gasteiger partial charge in [-0.3, -0.25) is 23.7 Å². The van der Waals surface area contributed by atoms with Crippen LogP contribution in [0.25, 0.3) is 11.0 Å². The van der Waals surface area contributed by atoms with E-state index < -0.39 is 11.2 Å².